The number of nitrogens with one attached hydrogen (secondary N) is 1. The summed E-state index contributed by atoms with van der Waals surface area (Å²) < 4.78 is 1.35. The van der Waals surface area contributed by atoms with Gasteiger partial charge in [0.05, 0.1) is 17.6 Å². The second kappa shape index (κ2) is 9.06. The number of carbonyl (C=O) groups is 2. The Labute approximate surface area is 180 Å². The standard InChI is InChI=1S/C24H24N4O3/c1-17(29)19-7-9-20(10-8-19)26-23(30)15-28-16-25-22-11-12-27(14-21(22)24(28)31)13-18-5-3-2-4-6-18/h2-10,16H,11-15H2,1H3,(H,26,30). The molecule has 0 radical (unpaired) electrons. The van der Waals surface area contributed by atoms with E-state index in [-0.39, 0.29) is 23.8 Å². The van der Waals surface area contributed by atoms with Gasteiger partial charge in [-0.3, -0.25) is 23.9 Å². The van der Waals surface area contributed by atoms with Crippen molar-refractivity contribution in [1.82, 2.24) is 14.5 Å². The van der Waals surface area contributed by atoms with Crippen molar-refractivity contribution >= 4 is 17.4 Å². The molecule has 31 heavy (non-hydrogen) atoms. The van der Waals surface area contributed by atoms with Gasteiger partial charge in [-0.1, -0.05) is 30.3 Å². The van der Waals surface area contributed by atoms with Crippen LogP contribution in [0.5, 0.6) is 0 Å². The maximum atomic E-state index is 13.0. The van der Waals surface area contributed by atoms with Crippen LogP contribution in [-0.2, 0) is 30.8 Å². The number of rotatable bonds is 6. The largest absolute Gasteiger partial charge is 0.325 e. The number of nitrogens with zero attached hydrogens (tertiary/aromatic N) is 3. The summed E-state index contributed by atoms with van der Waals surface area (Å²) in [7, 11) is 0. The summed E-state index contributed by atoms with van der Waals surface area (Å²) in [6.45, 7) is 3.50. The molecule has 0 atom stereocenters. The van der Waals surface area contributed by atoms with E-state index in [0.717, 1.165) is 18.8 Å². The monoisotopic (exact) mass is 416 g/mol. The van der Waals surface area contributed by atoms with Crippen molar-refractivity contribution in [2.75, 3.05) is 11.9 Å². The number of carbonyl (C=O) groups excluding carboxylic acids is 2. The lowest BCUT2D eigenvalue weighted by Crippen LogP contribution is -2.38. The third-order valence-corrected chi connectivity index (χ3v) is 5.41. The smallest absolute Gasteiger partial charge is 0.258 e. The Kier molecular flexibility index (Phi) is 6.04. The molecule has 1 aromatic heterocycles. The lowest BCUT2D eigenvalue weighted by atomic mass is 10.1. The number of fused-ring (bicyclic) bond motifs is 1. The molecule has 1 aliphatic rings. The third-order valence-electron chi connectivity index (χ3n) is 5.41. The van der Waals surface area contributed by atoms with E-state index in [2.05, 4.69) is 27.3 Å². The summed E-state index contributed by atoms with van der Waals surface area (Å²) in [6.07, 6.45) is 2.17. The minimum Gasteiger partial charge on any atom is -0.325 e. The summed E-state index contributed by atoms with van der Waals surface area (Å²) in [5.74, 6) is -0.359. The zero-order chi connectivity index (χ0) is 21.8. The molecule has 2 heterocycles. The highest BCUT2D eigenvalue weighted by atomic mass is 16.2. The van der Waals surface area contributed by atoms with Crippen molar-refractivity contribution in [1.29, 1.82) is 0 Å². The van der Waals surface area contributed by atoms with Gasteiger partial charge in [0.1, 0.15) is 6.54 Å². The molecule has 158 valence electrons. The van der Waals surface area contributed by atoms with Gasteiger partial charge in [-0.2, -0.15) is 0 Å². The van der Waals surface area contributed by atoms with Gasteiger partial charge in [-0.05, 0) is 36.8 Å². The molecule has 1 aliphatic heterocycles. The number of hydrogen-bond donors (Lipinski definition) is 1. The van der Waals surface area contributed by atoms with Gasteiger partial charge >= 0.3 is 0 Å². The first-order valence-electron chi connectivity index (χ1n) is 10.2. The van der Waals surface area contributed by atoms with Crippen LogP contribution < -0.4 is 10.9 Å². The number of Topliss-reactive ketones (excluding diaryl/α,β-unsaturated/α-hetero) is 1. The number of benzene rings is 2. The van der Waals surface area contributed by atoms with Crippen LogP contribution >= 0.6 is 0 Å². The van der Waals surface area contributed by atoms with E-state index in [1.807, 2.05) is 18.2 Å². The van der Waals surface area contributed by atoms with E-state index < -0.39 is 0 Å². The topological polar surface area (TPSA) is 84.3 Å². The molecule has 0 spiro atoms. The van der Waals surface area contributed by atoms with E-state index in [4.69, 9.17) is 0 Å². The van der Waals surface area contributed by atoms with Crippen molar-refractivity contribution < 1.29 is 9.59 Å². The van der Waals surface area contributed by atoms with E-state index >= 15 is 0 Å². The van der Waals surface area contributed by atoms with Gasteiger partial charge < -0.3 is 5.32 Å². The average Bonchev–Trinajstić information content (AvgIpc) is 2.77. The predicted octanol–water partition coefficient (Wildman–Crippen LogP) is 2.64. The van der Waals surface area contributed by atoms with Crippen molar-refractivity contribution in [3.63, 3.8) is 0 Å². The average molecular weight is 416 g/mol. The summed E-state index contributed by atoms with van der Waals surface area (Å²) in [5.41, 5.74) is 3.64. The molecule has 2 aromatic carbocycles. The quantitative estimate of drug-likeness (QED) is 0.625. The summed E-state index contributed by atoms with van der Waals surface area (Å²) in [4.78, 5) is 43.5. The number of aromatic nitrogens is 2. The highest BCUT2D eigenvalue weighted by Crippen LogP contribution is 2.16. The van der Waals surface area contributed by atoms with Gasteiger partial charge in [0.2, 0.25) is 5.91 Å². The fraction of sp³-hybridized carbons (Fsp3) is 0.250. The van der Waals surface area contributed by atoms with E-state index in [0.29, 0.717) is 29.8 Å². The van der Waals surface area contributed by atoms with E-state index in [1.165, 1.54) is 23.4 Å². The van der Waals surface area contributed by atoms with E-state index in [9.17, 15) is 14.4 Å². The van der Waals surface area contributed by atoms with Crippen LogP contribution in [0.1, 0.15) is 34.1 Å². The molecule has 0 saturated heterocycles. The zero-order valence-corrected chi connectivity index (χ0v) is 17.4. The number of ketones is 1. The van der Waals surface area contributed by atoms with Crippen LogP contribution in [0, 0.1) is 0 Å². The fourth-order valence-electron chi connectivity index (χ4n) is 3.74. The Hall–Kier alpha value is -3.58. The molecule has 0 unspecified atom stereocenters. The molecular formula is C24H24N4O3. The minimum atomic E-state index is -0.323. The van der Waals surface area contributed by atoms with Crippen LogP contribution in [0.4, 0.5) is 5.69 Å². The minimum absolute atomic E-state index is 0.0362. The van der Waals surface area contributed by atoms with E-state index in [1.54, 1.807) is 24.3 Å². The molecule has 0 aliphatic carbocycles. The van der Waals surface area contributed by atoms with Crippen molar-refractivity contribution in [2.45, 2.75) is 33.0 Å². The predicted molar refractivity (Wildman–Crippen MR) is 118 cm³/mol. The second-order valence-corrected chi connectivity index (χ2v) is 7.73. The Balaban J connectivity index is 1.44. The van der Waals surface area contributed by atoms with Crippen LogP contribution in [0.15, 0.2) is 65.7 Å². The first kappa shape index (κ1) is 20.7. The molecule has 3 aromatic rings. The van der Waals surface area contributed by atoms with Crippen LogP contribution in [-0.4, -0.2) is 32.7 Å². The first-order valence-corrected chi connectivity index (χ1v) is 10.2. The zero-order valence-electron chi connectivity index (χ0n) is 17.4. The van der Waals surface area contributed by atoms with Crippen LogP contribution in [0.25, 0.3) is 0 Å². The van der Waals surface area contributed by atoms with Gasteiger partial charge in [0.25, 0.3) is 5.56 Å². The third kappa shape index (κ3) is 4.95. The van der Waals surface area contributed by atoms with Gasteiger partial charge in [-0.15, -0.1) is 0 Å². The summed E-state index contributed by atoms with van der Waals surface area (Å²) >= 11 is 0. The van der Waals surface area contributed by atoms with Crippen LogP contribution in [0.3, 0.4) is 0 Å². The lowest BCUT2D eigenvalue weighted by molar-refractivity contribution is -0.116. The maximum Gasteiger partial charge on any atom is 0.258 e. The maximum absolute atomic E-state index is 13.0. The lowest BCUT2D eigenvalue weighted by Gasteiger charge is -2.28. The Morgan fingerprint density at radius 3 is 2.52 bits per heavy atom. The Bertz CT molecular complexity index is 1150. The SMILES string of the molecule is CC(=O)c1ccc(NC(=O)Cn2cnc3c(c2=O)CN(Cc2ccccc2)CC3)cc1. The molecule has 1 amide bonds. The molecule has 1 N–H and O–H groups in total. The Morgan fingerprint density at radius 2 is 1.81 bits per heavy atom. The number of anilines is 1. The van der Waals surface area contributed by atoms with Gasteiger partial charge in [0.15, 0.2) is 5.78 Å². The molecule has 0 saturated carbocycles. The summed E-state index contributed by atoms with van der Waals surface area (Å²) in [6, 6.07) is 16.8. The second-order valence-electron chi connectivity index (χ2n) is 7.73. The van der Waals surface area contributed by atoms with Crippen LogP contribution in [0.2, 0.25) is 0 Å². The molecule has 0 bridgehead atoms. The first-order chi connectivity index (χ1) is 15.0. The van der Waals surface area contributed by atoms with Crippen molar-refractivity contribution in [3.8, 4) is 0 Å². The highest BCUT2D eigenvalue weighted by Gasteiger charge is 2.22. The summed E-state index contributed by atoms with van der Waals surface area (Å²) in [5, 5.41) is 2.76. The van der Waals surface area contributed by atoms with Gasteiger partial charge in [-0.25, -0.2) is 4.98 Å². The number of hydrogen-bond acceptors (Lipinski definition) is 5. The highest BCUT2D eigenvalue weighted by molar-refractivity contribution is 5.95. The fourth-order valence-corrected chi connectivity index (χ4v) is 3.74. The number of amides is 1. The van der Waals surface area contributed by atoms with Crippen molar-refractivity contribution in [3.05, 3.63) is 93.7 Å². The molecule has 4 rings (SSSR count). The van der Waals surface area contributed by atoms with Crippen molar-refractivity contribution in [2.24, 2.45) is 0 Å². The molecule has 0 fully saturated rings. The molecule has 7 heteroatoms. The molecule has 7 nitrogen and oxygen atoms in total. The normalized spacial score (nSPS) is 13.5. The molecular weight excluding hydrogens is 392 g/mol. The van der Waals surface area contributed by atoms with Gasteiger partial charge in [0, 0.05) is 37.3 Å². The Morgan fingerprint density at radius 1 is 1.06 bits per heavy atom.